The number of hydrogen-bond donors (Lipinski definition) is 1. The molecule has 0 spiro atoms. The first kappa shape index (κ1) is 21.8. The zero-order valence-electron chi connectivity index (χ0n) is 16.2. The van der Waals surface area contributed by atoms with Crippen molar-refractivity contribution in [3.63, 3.8) is 0 Å². The lowest BCUT2D eigenvalue weighted by molar-refractivity contribution is -0.112. The van der Waals surface area contributed by atoms with Gasteiger partial charge in [-0.05, 0) is 64.3 Å². The fourth-order valence-electron chi connectivity index (χ4n) is 2.79. The summed E-state index contributed by atoms with van der Waals surface area (Å²) in [4.78, 5) is 12.7. The number of nitrogens with one attached hydrogen (secondary N) is 1. The molecule has 4 nitrogen and oxygen atoms in total. The zero-order chi connectivity index (χ0) is 21.5. The normalized spacial score (nSPS) is 10.9. The van der Waals surface area contributed by atoms with Crippen LogP contribution in [0, 0.1) is 18.3 Å². The molecule has 6 heteroatoms. The van der Waals surface area contributed by atoms with Crippen LogP contribution in [-0.2, 0) is 11.4 Å². The molecule has 150 valence electrons. The van der Waals surface area contributed by atoms with Gasteiger partial charge in [0, 0.05) is 15.7 Å². The second kappa shape index (κ2) is 10.2. The highest BCUT2D eigenvalue weighted by Gasteiger charge is 2.14. The first-order valence-electron chi connectivity index (χ1n) is 9.12. The Hall–Kier alpha value is -2.88. The van der Waals surface area contributed by atoms with Crippen LogP contribution in [-0.4, -0.2) is 5.91 Å². The lowest BCUT2D eigenvalue weighted by atomic mass is 10.1. The summed E-state index contributed by atoms with van der Waals surface area (Å²) < 4.78 is 7.53. The van der Waals surface area contributed by atoms with Crippen molar-refractivity contribution in [3.8, 4) is 11.8 Å². The van der Waals surface area contributed by atoms with Crippen molar-refractivity contribution < 1.29 is 9.53 Å². The van der Waals surface area contributed by atoms with Gasteiger partial charge in [-0.1, -0.05) is 58.4 Å². The van der Waals surface area contributed by atoms with Crippen molar-refractivity contribution in [3.05, 3.63) is 97.9 Å². The predicted molar refractivity (Wildman–Crippen MR) is 126 cm³/mol. The zero-order valence-corrected chi connectivity index (χ0v) is 19.3. The molecular formula is C24H18Br2N2O2. The van der Waals surface area contributed by atoms with E-state index in [0.29, 0.717) is 23.6 Å². The summed E-state index contributed by atoms with van der Waals surface area (Å²) in [7, 11) is 0. The molecule has 1 amide bonds. The monoisotopic (exact) mass is 524 g/mol. The molecule has 0 saturated carbocycles. The minimum Gasteiger partial charge on any atom is -0.487 e. The molecule has 0 aliphatic rings. The van der Waals surface area contributed by atoms with Crippen molar-refractivity contribution >= 4 is 49.5 Å². The van der Waals surface area contributed by atoms with E-state index in [-0.39, 0.29) is 5.57 Å². The maximum atomic E-state index is 12.7. The number of nitrogens with zero attached hydrogens (tertiary/aromatic N) is 1. The number of carbonyl (C=O) groups is 1. The number of benzene rings is 3. The van der Waals surface area contributed by atoms with Crippen LogP contribution in [0.25, 0.3) is 6.08 Å². The molecule has 3 rings (SSSR count). The van der Waals surface area contributed by atoms with Crippen LogP contribution >= 0.6 is 31.9 Å². The quantitative estimate of drug-likeness (QED) is 0.289. The van der Waals surface area contributed by atoms with E-state index >= 15 is 0 Å². The second-order valence-corrected chi connectivity index (χ2v) is 8.34. The topological polar surface area (TPSA) is 62.1 Å². The Morgan fingerprint density at radius 1 is 1.10 bits per heavy atom. The van der Waals surface area contributed by atoms with Gasteiger partial charge in [0.2, 0.25) is 0 Å². The first-order valence-corrected chi connectivity index (χ1v) is 10.7. The van der Waals surface area contributed by atoms with Crippen LogP contribution in [0.5, 0.6) is 5.75 Å². The molecule has 0 heterocycles. The summed E-state index contributed by atoms with van der Waals surface area (Å²) in [5.41, 5.74) is 3.26. The highest BCUT2D eigenvalue weighted by atomic mass is 79.9. The maximum Gasteiger partial charge on any atom is 0.266 e. The number of ether oxygens (including phenoxy) is 1. The van der Waals surface area contributed by atoms with Gasteiger partial charge in [-0.3, -0.25) is 4.79 Å². The molecule has 0 aliphatic heterocycles. The average Bonchev–Trinajstić information content (AvgIpc) is 2.72. The van der Waals surface area contributed by atoms with Crippen LogP contribution in [0.1, 0.15) is 16.7 Å². The molecule has 0 radical (unpaired) electrons. The molecule has 0 atom stereocenters. The summed E-state index contributed by atoms with van der Waals surface area (Å²) in [5.74, 6) is 0.0753. The van der Waals surface area contributed by atoms with Gasteiger partial charge in [-0.15, -0.1) is 0 Å². The fraction of sp³-hybridized carbons (Fsp3) is 0.0833. The molecule has 0 fully saturated rings. The fourth-order valence-corrected chi connectivity index (χ4v) is 4.17. The molecular weight excluding hydrogens is 508 g/mol. The molecule has 0 aromatic heterocycles. The van der Waals surface area contributed by atoms with Gasteiger partial charge in [-0.25, -0.2) is 0 Å². The van der Waals surface area contributed by atoms with Gasteiger partial charge in [0.1, 0.15) is 24.0 Å². The number of nitriles is 1. The standard InChI is InChI=1S/C24H18Br2N2O2/c1-16-6-5-9-21(10-16)28-24(29)19(14-27)11-18-12-20(25)13-22(26)23(18)30-15-17-7-3-2-4-8-17/h2-13H,15H2,1H3,(H,28,29)/b19-11+. The third-order valence-electron chi connectivity index (χ3n) is 4.20. The van der Waals surface area contributed by atoms with Crippen LogP contribution in [0.4, 0.5) is 5.69 Å². The highest BCUT2D eigenvalue weighted by molar-refractivity contribution is 9.11. The summed E-state index contributed by atoms with van der Waals surface area (Å²) in [6, 6.07) is 22.8. The summed E-state index contributed by atoms with van der Waals surface area (Å²) in [6.07, 6.45) is 1.53. The van der Waals surface area contributed by atoms with Gasteiger partial charge in [0.25, 0.3) is 5.91 Å². The Morgan fingerprint density at radius 3 is 2.57 bits per heavy atom. The smallest absolute Gasteiger partial charge is 0.266 e. The van der Waals surface area contributed by atoms with Crippen LogP contribution in [0.3, 0.4) is 0 Å². The van der Waals surface area contributed by atoms with E-state index in [1.807, 2.05) is 73.7 Å². The van der Waals surface area contributed by atoms with Crippen molar-refractivity contribution in [1.29, 1.82) is 5.26 Å². The molecule has 0 saturated heterocycles. The van der Waals surface area contributed by atoms with E-state index in [0.717, 1.165) is 20.1 Å². The van der Waals surface area contributed by atoms with E-state index in [9.17, 15) is 10.1 Å². The minimum atomic E-state index is -0.479. The first-order chi connectivity index (χ1) is 14.5. The molecule has 0 aliphatic carbocycles. The number of rotatable bonds is 6. The molecule has 0 bridgehead atoms. The number of carbonyl (C=O) groups excluding carboxylic acids is 1. The minimum absolute atomic E-state index is 0.0222. The third-order valence-corrected chi connectivity index (χ3v) is 5.25. The Kier molecular flexibility index (Phi) is 7.45. The van der Waals surface area contributed by atoms with Crippen molar-refractivity contribution in [2.45, 2.75) is 13.5 Å². The molecule has 0 unspecified atom stereocenters. The van der Waals surface area contributed by atoms with Gasteiger partial charge in [0.15, 0.2) is 0 Å². The third kappa shape index (κ3) is 5.82. The van der Waals surface area contributed by atoms with Crippen LogP contribution in [0.15, 0.2) is 81.2 Å². The van der Waals surface area contributed by atoms with E-state index < -0.39 is 5.91 Å². The van der Waals surface area contributed by atoms with Crippen molar-refractivity contribution in [2.75, 3.05) is 5.32 Å². The van der Waals surface area contributed by atoms with E-state index in [1.54, 1.807) is 6.07 Å². The Morgan fingerprint density at radius 2 is 1.87 bits per heavy atom. The van der Waals surface area contributed by atoms with Gasteiger partial charge in [0.05, 0.1) is 4.47 Å². The predicted octanol–water partition coefficient (Wildman–Crippen LogP) is 6.64. The van der Waals surface area contributed by atoms with Crippen LogP contribution in [0.2, 0.25) is 0 Å². The molecule has 1 N–H and O–H groups in total. The number of hydrogen-bond acceptors (Lipinski definition) is 3. The summed E-state index contributed by atoms with van der Waals surface area (Å²) in [5, 5.41) is 12.4. The Balaban J connectivity index is 1.89. The number of halogens is 2. The Labute approximate surface area is 192 Å². The van der Waals surface area contributed by atoms with Gasteiger partial charge >= 0.3 is 0 Å². The summed E-state index contributed by atoms with van der Waals surface area (Å²) in [6.45, 7) is 2.30. The highest BCUT2D eigenvalue weighted by Crippen LogP contribution is 2.35. The molecule has 3 aromatic carbocycles. The number of amides is 1. The number of aryl methyl sites for hydroxylation is 1. The summed E-state index contributed by atoms with van der Waals surface area (Å²) >= 11 is 6.97. The SMILES string of the molecule is Cc1cccc(NC(=O)/C(C#N)=C/c2cc(Br)cc(Br)c2OCc2ccccc2)c1. The van der Waals surface area contributed by atoms with Crippen molar-refractivity contribution in [2.24, 2.45) is 0 Å². The van der Waals surface area contributed by atoms with Gasteiger partial charge in [-0.2, -0.15) is 5.26 Å². The lowest BCUT2D eigenvalue weighted by Crippen LogP contribution is -2.13. The maximum absolute atomic E-state index is 12.7. The van der Waals surface area contributed by atoms with E-state index in [4.69, 9.17) is 4.74 Å². The lowest BCUT2D eigenvalue weighted by Gasteiger charge is -2.13. The van der Waals surface area contributed by atoms with E-state index in [2.05, 4.69) is 37.2 Å². The van der Waals surface area contributed by atoms with E-state index in [1.165, 1.54) is 6.08 Å². The Bertz CT molecular complexity index is 1140. The second-order valence-electron chi connectivity index (χ2n) is 6.57. The average molecular weight is 526 g/mol. The van der Waals surface area contributed by atoms with Crippen LogP contribution < -0.4 is 10.1 Å². The van der Waals surface area contributed by atoms with Crippen molar-refractivity contribution in [1.82, 2.24) is 0 Å². The number of anilines is 1. The molecule has 3 aromatic rings. The largest absolute Gasteiger partial charge is 0.487 e. The molecule has 30 heavy (non-hydrogen) atoms. The van der Waals surface area contributed by atoms with Gasteiger partial charge < -0.3 is 10.1 Å².